The van der Waals surface area contributed by atoms with Gasteiger partial charge in [0.2, 0.25) is 0 Å². The van der Waals surface area contributed by atoms with E-state index in [1.807, 2.05) is 54.6 Å². The van der Waals surface area contributed by atoms with Gasteiger partial charge in [0.05, 0.1) is 0 Å². The van der Waals surface area contributed by atoms with Crippen LogP contribution in [0.3, 0.4) is 0 Å². The molecule has 2 aromatic carbocycles. The highest BCUT2D eigenvalue weighted by molar-refractivity contribution is 5.73. The highest BCUT2D eigenvalue weighted by atomic mass is 16.4. The number of hydrogen-bond acceptors (Lipinski definition) is 3. The number of nitrogens with two attached hydrogens (primary N) is 1. The van der Waals surface area contributed by atoms with Crippen molar-refractivity contribution in [2.75, 3.05) is 0 Å². The Morgan fingerprint density at radius 2 is 1.62 bits per heavy atom. The number of carbonyl (C=O) groups is 1. The standard InChI is InChI=1S/C17H20N2O2/c18-11-14-6-8-15(9-7-14)12-19-16(17(20)21)10-13-4-2-1-3-5-13/h1-9,16,19H,10-12,18H2,(H,20,21)/t16-/m0/s1. The summed E-state index contributed by atoms with van der Waals surface area (Å²) in [5.41, 5.74) is 8.68. The lowest BCUT2D eigenvalue weighted by Crippen LogP contribution is -2.38. The minimum absolute atomic E-state index is 0.469. The zero-order valence-electron chi connectivity index (χ0n) is 11.8. The molecule has 0 bridgehead atoms. The molecule has 0 saturated carbocycles. The number of carboxylic acids is 1. The number of carboxylic acid groups (broad SMARTS) is 1. The van der Waals surface area contributed by atoms with Crippen molar-refractivity contribution < 1.29 is 9.90 Å². The third kappa shape index (κ3) is 4.70. The summed E-state index contributed by atoms with van der Waals surface area (Å²) >= 11 is 0. The third-order valence-corrected chi connectivity index (χ3v) is 3.39. The molecule has 0 aliphatic carbocycles. The normalized spacial score (nSPS) is 12.0. The summed E-state index contributed by atoms with van der Waals surface area (Å²) in [6, 6.07) is 16.9. The van der Waals surface area contributed by atoms with Gasteiger partial charge in [-0.15, -0.1) is 0 Å². The summed E-state index contributed by atoms with van der Waals surface area (Å²) in [7, 11) is 0. The quantitative estimate of drug-likeness (QED) is 0.726. The third-order valence-electron chi connectivity index (χ3n) is 3.39. The molecule has 0 aliphatic rings. The fourth-order valence-corrected chi connectivity index (χ4v) is 2.13. The molecule has 0 amide bonds. The molecule has 0 heterocycles. The van der Waals surface area contributed by atoms with E-state index in [1.54, 1.807) is 0 Å². The average molecular weight is 284 g/mol. The SMILES string of the molecule is NCc1ccc(CN[C@@H](Cc2ccccc2)C(=O)O)cc1. The maximum absolute atomic E-state index is 11.3. The Labute approximate surface area is 124 Å². The van der Waals surface area contributed by atoms with Gasteiger partial charge in [-0.1, -0.05) is 54.6 Å². The van der Waals surface area contributed by atoms with Crippen LogP contribution in [0.4, 0.5) is 0 Å². The van der Waals surface area contributed by atoms with E-state index in [0.29, 0.717) is 19.5 Å². The Kier molecular flexibility index (Phi) is 5.49. The highest BCUT2D eigenvalue weighted by Gasteiger charge is 2.17. The molecule has 4 nitrogen and oxygen atoms in total. The molecular weight excluding hydrogens is 264 g/mol. The van der Waals surface area contributed by atoms with Gasteiger partial charge in [-0.3, -0.25) is 4.79 Å². The number of aliphatic carboxylic acids is 1. The maximum Gasteiger partial charge on any atom is 0.321 e. The van der Waals surface area contributed by atoms with Gasteiger partial charge in [-0.25, -0.2) is 0 Å². The molecule has 2 aromatic rings. The zero-order chi connectivity index (χ0) is 15.1. The summed E-state index contributed by atoms with van der Waals surface area (Å²) in [6.07, 6.45) is 0.469. The number of nitrogens with one attached hydrogen (secondary N) is 1. The minimum Gasteiger partial charge on any atom is -0.480 e. The Morgan fingerprint density at radius 1 is 1.00 bits per heavy atom. The van der Waals surface area contributed by atoms with Gasteiger partial charge in [0.1, 0.15) is 6.04 Å². The van der Waals surface area contributed by atoms with E-state index in [0.717, 1.165) is 16.7 Å². The van der Waals surface area contributed by atoms with Gasteiger partial charge in [0.25, 0.3) is 0 Å². The van der Waals surface area contributed by atoms with Crippen molar-refractivity contribution in [1.82, 2.24) is 5.32 Å². The van der Waals surface area contributed by atoms with Crippen LogP contribution in [0, 0.1) is 0 Å². The van der Waals surface area contributed by atoms with E-state index in [-0.39, 0.29) is 0 Å². The van der Waals surface area contributed by atoms with E-state index in [1.165, 1.54) is 0 Å². The van der Waals surface area contributed by atoms with E-state index >= 15 is 0 Å². The van der Waals surface area contributed by atoms with Crippen LogP contribution >= 0.6 is 0 Å². The van der Waals surface area contributed by atoms with Gasteiger partial charge in [0, 0.05) is 13.1 Å². The topological polar surface area (TPSA) is 75.3 Å². The fourth-order valence-electron chi connectivity index (χ4n) is 2.13. The largest absolute Gasteiger partial charge is 0.480 e. The lowest BCUT2D eigenvalue weighted by atomic mass is 10.1. The second-order valence-electron chi connectivity index (χ2n) is 4.98. The van der Waals surface area contributed by atoms with E-state index in [4.69, 9.17) is 5.73 Å². The summed E-state index contributed by atoms with van der Waals surface area (Å²) < 4.78 is 0. The smallest absolute Gasteiger partial charge is 0.321 e. The predicted molar refractivity (Wildman–Crippen MR) is 82.7 cm³/mol. The van der Waals surface area contributed by atoms with Crippen LogP contribution in [0.2, 0.25) is 0 Å². The second kappa shape index (κ2) is 7.57. The van der Waals surface area contributed by atoms with Crippen molar-refractivity contribution >= 4 is 5.97 Å². The Hall–Kier alpha value is -2.17. The lowest BCUT2D eigenvalue weighted by Gasteiger charge is -2.15. The van der Waals surface area contributed by atoms with Gasteiger partial charge in [-0.05, 0) is 23.1 Å². The van der Waals surface area contributed by atoms with Crippen molar-refractivity contribution in [3.8, 4) is 0 Å². The molecule has 21 heavy (non-hydrogen) atoms. The van der Waals surface area contributed by atoms with Crippen molar-refractivity contribution in [3.05, 3.63) is 71.3 Å². The molecule has 4 N–H and O–H groups in total. The van der Waals surface area contributed by atoms with Gasteiger partial charge < -0.3 is 16.2 Å². The van der Waals surface area contributed by atoms with E-state index in [2.05, 4.69) is 5.32 Å². The van der Waals surface area contributed by atoms with Crippen LogP contribution in [0.25, 0.3) is 0 Å². The molecule has 0 saturated heterocycles. The van der Waals surface area contributed by atoms with E-state index < -0.39 is 12.0 Å². The average Bonchev–Trinajstić information content (AvgIpc) is 2.52. The van der Waals surface area contributed by atoms with Crippen molar-refractivity contribution in [2.45, 2.75) is 25.6 Å². The Morgan fingerprint density at radius 3 is 2.19 bits per heavy atom. The first-order chi connectivity index (χ1) is 10.2. The molecular formula is C17H20N2O2. The molecule has 0 unspecified atom stereocenters. The van der Waals surface area contributed by atoms with Crippen LogP contribution in [-0.4, -0.2) is 17.1 Å². The maximum atomic E-state index is 11.3. The number of rotatable bonds is 7. The zero-order valence-corrected chi connectivity index (χ0v) is 11.8. The van der Waals surface area contributed by atoms with Gasteiger partial charge >= 0.3 is 5.97 Å². The van der Waals surface area contributed by atoms with Crippen LogP contribution in [-0.2, 0) is 24.3 Å². The summed E-state index contributed by atoms with van der Waals surface area (Å²) in [5, 5.41) is 12.4. The molecule has 1 atom stereocenters. The Balaban J connectivity index is 1.95. The van der Waals surface area contributed by atoms with Crippen LogP contribution < -0.4 is 11.1 Å². The van der Waals surface area contributed by atoms with Gasteiger partial charge in [0.15, 0.2) is 0 Å². The molecule has 2 rings (SSSR count). The monoisotopic (exact) mass is 284 g/mol. The van der Waals surface area contributed by atoms with Crippen LogP contribution in [0.5, 0.6) is 0 Å². The van der Waals surface area contributed by atoms with Gasteiger partial charge in [-0.2, -0.15) is 0 Å². The van der Waals surface area contributed by atoms with E-state index in [9.17, 15) is 9.90 Å². The first-order valence-electron chi connectivity index (χ1n) is 6.97. The Bertz CT molecular complexity index is 567. The predicted octanol–water partition coefficient (Wildman–Crippen LogP) is 1.93. The highest BCUT2D eigenvalue weighted by Crippen LogP contribution is 2.07. The van der Waals surface area contributed by atoms with Crippen molar-refractivity contribution in [2.24, 2.45) is 5.73 Å². The molecule has 0 radical (unpaired) electrons. The molecule has 0 spiro atoms. The number of benzene rings is 2. The van der Waals surface area contributed by atoms with Crippen LogP contribution in [0.15, 0.2) is 54.6 Å². The minimum atomic E-state index is -0.836. The first kappa shape index (κ1) is 15.2. The molecule has 4 heteroatoms. The molecule has 0 aromatic heterocycles. The van der Waals surface area contributed by atoms with Crippen molar-refractivity contribution in [3.63, 3.8) is 0 Å². The molecule has 110 valence electrons. The van der Waals surface area contributed by atoms with Crippen LogP contribution in [0.1, 0.15) is 16.7 Å². The number of hydrogen-bond donors (Lipinski definition) is 3. The fraction of sp³-hybridized carbons (Fsp3) is 0.235. The summed E-state index contributed by atoms with van der Waals surface area (Å²) in [5.74, 6) is -0.836. The second-order valence-corrected chi connectivity index (χ2v) is 4.98. The molecule has 0 aliphatic heterocycles. The first-order valence-corrected chi connectivity index (χ1v) is 6.97. The summed E-state index contributed by atoms with van der Waals surface area (Å²) in [6.45, 7) is 1.04. The molecule has 0 fully saturated rings. The lowest BCUT2D eigenvalue weighted by molar-refractivity contribution is -0.139. The van der Waals surface area contributed by atoms with Crippen molar-refractivity contribution in [1.29, 1.82) is 0 Å². The summed E-state index contributed by atoms with van der Waals surface area (Å²) in [4.78, 5) is 11.3.